The van der Waals surface area contributed by atoms with Crippen LogP contribution in [0.5, 0.6) is 17.2 Å². The first-order valence-corrected chi connectivity index (χ1v) is 25.1. The maximum Gasteiger partial charge on any atom is 0.255 e. The average Bonchev–Trinajstić information content (AvgIpc) is 3.34. The molecule has 9 N–H and O–H groups in total. The van der Waals surface area contributed by atoms with Crippen LogP contribution in [0.3, 0.4) is 0 Å². The molecule has 6 saturated heterocycles. The number of nitrogens with two attached hydrogens (primary N) is 3. The van der Waals surface area contributed by atoms with Crippen LogP contribution in [-0.2, 0) is 9.59 Å². The first-order chi connectivity index (χ1) is 33.2. The number of hydrogen-bond acceptors (Lipinski definition) is 14. The number of fused-ring (bicyclic) bond motifs is 6. The van der Waals surface area contributed by atoms with Crippen LogP contribution in [0.2, 0.25) is 15.1 Å². The minimum absolute atomic E-state index is 0. The number of carbonyl (C=O) groups excluding carboxylic acids is 5. The number of halogens is 5. The highest BCUT2D eigenvalue weighted by atomic mass is 35.5. The molecule has 400 valence electrons. The average molecular weight is 1100 g/mol. The fourth-order valence-corrected chi connectivity index (χ4v) is 9.35. The minimum atomic E-state index is -0.673. The van der Waals surface area contributed by atoms with E-state index in [1.165, 1.54) is 45.2 Å². The number of ketones is 2. The standard InChI is InChI=1S/C18H24ClN3O3.C17H26ClN3O3.C15H20ClN3O2.2ClH/c1-10(23)11(2)25-17-8-15(20)14(19)7-13(17)18(24)21-16-9-22-5-3-12(16)4-6-22;1-5-21(6-2)8-7-20-17(23)13-9-14(18)15(19)10-16(13)24-12(4)11(3)22;1-21-14-7-12(17)11(16)6-10(14)15(20)18-13-8-19-4-2-9(13)3-5-19;;/h7-8,11-12,16H,3-6,9,20H2,1-2H3,(H,21,24);9-10,12H,5-8,19H2,1-4H3,(H,20,23);6-7,9,13H,2-5,8,17H2,1H3,(H,18,20);2*1H. The molecule has 6 aliphatic rings. The second-order valence-electron chi connectivity index (χ2n) is 18.3. The van der Waals surface area contributed by atoms with E-state index < -0.39 is 12.2 Å². The smallest absolute Gasteiger partial charge is 0.255 e. The van der Waals surface area contributed by atoms with Gasteiger partial charge in [0.15, 0.2) is 23.8 Å². The number of hydrogen-bond donors (Lipinski definition) is 6. The molecule has 3 aromatic carbocycles. The highest BCUT2D eigenvalue weighted by Crippen LogP contribution is 2.34. The Morgan fingerprint density at radius 1 is 0.625 bits per heavy atom. The van der Waals surface area contributed by atoms with Gasteiger partial charge in [0.1, 0.15) is 17.2 Å². The number of likely N-dealkylation sites (N-methyl/N-ethyl adjacent to an activating group) is 1. The molecular weight excluding hydrogens is 1030 g/mol. The van der Waals surface area contributed by atoms with Crippen molar-refractivity contribution < 1.29 is 38.2 Å². The fourth-order valence-electron chi connectivity index (χ4n) is 8.86. The number of benzene rings is 3. The van der Waals surface area contributed by atoms with E-state index in [1.54, 1.807) is 26.0 Å². The van der Waals surface area contributed by atoms with Gasteiger partial charge in [0.2, 0.25) is 0 Å². The highest BCUT2D eigenvalue weighted by molar-refractivity contribution is 6.34. The maximum absolute atomic E-state index is 12.8. The predicted molar refractivity (Wildman–Crippen MR) is 291 cm³/mol. The van der Waals surface area contributed by atoms with Gasteiger partial charge in [-0.05, 0) is 123 Å². The van der Waals surface area contributed by atoms with Crippen LogP contribution in [0, 0.1) is 11.8 Å². The van der Waals surface area contributed by atoms with Crippen molar-refractivity contribution >= 4 is 106 Å². The summed E-state index contributed by atoms with van der Waals surface area (Å²) in [6.07, 6.45) is 3.20. The molecule has 4 bridgehead atoms. The maximum atomic E-state index is 12.8. The summed E-state index contributed by atoms with van der Waals surface area (Å²) in [6.45, 7) is 19.7. The van der Waals surface area contributed by atoms with Crippen molar-refractivity contribution in [3.8, 4) is 17.2 Å². The third kappa shape index (κ3) is 16.8. The number of amides is 3. The van der Waals surface area contributed by atoms with Crippen LogP contribution < -0.4 is 47.4 Å². The molecule has 3 aromatic rings. The Morgan fingerprint density at radius 3 is 1.29 bits per heavy atom. The lowest BCUT2D eigenvalue weighted by atomic mass is 9.84. The van der Waals surface area contributed by atoms with Crippen molar-refractivity contribution in [1.82, 2.24) is 30.7 Å². The number of nitrogens with one attached hydrogen (secondary N) is 3. The SMILES string of the molecule is CC(=O)C(C)Oc1cc(N)c(Cl)cc1C(=O)NC1CN2CCC1CC2.CCN(CC)CCNC(=O)c1cc(Cl)c(N)cc1OC(C)C(C)=O.COc1cc(N)c(Cl)cc1C(=O)NC1CN2CCC1CC2.Cl.Cl. The zero-order valence-corrected chi connectivity index (χ0v) is 46.0. The number of rotatable bonds is 17. The van der Waals surface area contributed by atoms with Crippen LogP contribution in [0.15, 0.2) is 36.4 Å². The molecule has 72 heavy (non-hydrogen) atoms. The molecule has 6 heterocycles. The summed E-state index contributed by atoms with van der Waals surface area (Å²) in [6, 6.07) is 9.46. The zero-order chi connectivity index (χ0) is 51.4. The van der Waals surface area contributed by atoms with E-state index in [4.69, 9.17) is 66.2 Å². The van der Waals surface area contributed by atoms with Crippen molar-refractivity contribution in [1.29, 1.82) is 0 Å². The number of piperidine rings is 6. The van der Waals surface area contributed by atoms with E-state index in [2.05, 4.69) is 44.5 Å². The van der Waals surface area contributed by atoms with Crippen molar-refractivity contribution in [2.45, 2.75) is 91.5 Å². The van der Waals surface area contributed by atoms with Crippen LogP contribution in [0.1, 0.15) is 98.3 Å². The van der Waals surface area contributed by atoms with Gasteiger partial charge in [0.05, 0.1) is 55.9 Å². The summed E-state index contributed by atoms with van der Waals surface area (Å²) in [7, 11) is 1.52. The van der Waals surface area contributed by atoms with Crippen LogP contribution in [-0.4, -0.2) is 141 Å². The molecule has 4 unspecified atom stereocenters. The van der Waals surface area contributed by atoms with Gasteiger partial charge in [-0.2, -0.15) is 0 Å². The number of methoxy groups -OCH3 is 1. The Hall–Kier alpha value is -4.46. The number of nitrogens with zero attached hydrogens (tertiary/aromatic N) is 3. The van der Waals surface area contributed by atoms with E-state index in [0.717, 1.165) is 84.6 Å². The zero-order valence-electron chi connectivity index (χ0n) is 42.1. The van der Waals surface area contributed by atoms with Gasteiger partial charge < -0.3 is 62.1 Å². The first-order valence-electron chi connectivity index (χ1n) is 23.9. The molecule has 0 spiro atoms. The molecule has 4 atom stereocenters. The molecule has 9 rings (SSSR count). The van der Waals surface area contributed by atoms with E-state index >= 15 is 0 Å². The topological polar surface area (TPSA) is 237 Å². The summed E-state index contributed by atoms with van der Waals surface area (Å²) >= 11 is 18.1. The predicted octanol–water partition coefficient (Wildman–Crippen LogP) is 7.05. The molecule has 3 amide bonds. The van der Waals surface area contributed by atoms with Crippen molar-refractivity contribution in [2.75, 3.05) is 89.8 Å². The molecule has 6 fully saturated rings. The monoisotopic (exact) mass is 1100 g/mol. The summed E-state index contributed by atoms with van der Waals surface area (Å²) < 4.78 is 16.5. The molecule has 17 nitrogen and oxygen atoms in total. The number of anilines is 3. The van der Waals surface area contributed by atoms with Gasteiger partial charge >= 0.3 is 0 Å². The lowest BCUT2D eigenvalue weighted by molar-refractivity contribution is -0.123. The van der Waals surface area contributed by atoms with Crippen molar-refractivity contribution in [3.63, 3.8) is 0 Å². The van der Waals surface area contributed by atoms with Gasteiger partial charge in [-0.1, -0.05) is 48.7 Å². The molecular formula is C50H72Cl5N9O8. The second kappa shape index (κ2) is 28.8. The molecule has 0 aromatic heterocycles. The number of nitrogen functional groups attached to an aromatic ring is 3. The number of Topliss-reactive ketones (excluding diaryl/α,β-unsaturated/α-hetero) is 2. The van der Waals surface area contributed by atoms with Crippen LogP contribution in [0.4, 0.5) is 17.1 Å². The van der Waals surface area contributed by atoms with Gasteiger partial charge in [0.25, 0.3) is 17.7 Å². The third-order valence-electron chi connectivity index (χ3n) is 13.6. The van der Waals surface area contributed by atoms with Gasteiger partial charge in [-0.25, -0.2) is 0 Å². The summed E-state index contributed by atoms with van der Waals surface area (Å²) in [5.74, 6) is 1.11. The van der Waals surface area contributed by atoms with Crippen molar-refractivity contribution in [2.24, 2.45) is 11.8 Å². The lowest BCUT2D eigenvalue weighted by Crippen LogP contribution is -2.57. The third-order valence-corrected chi connectivity index (χ3v) is 14.5. The molecule has 6 aliphatic heterocycles. The van der Waals surface area contributed by atoms with Crippen LogP contribution in [0.25, 0.3) is 0 Å². The Morgan fingerprint density at radius 2 is 0.972 bits per heavy atom. The molecule has 22 heteroatoms. The van der Waals surface area contributed by atoms with Gasteiger partial charge in [-0.3, -0.25) is 24.0 Å². The number of carbonyl (C=O) groups is 5. The Bertz CT molecular complexity index is 2350. The largest absolute Gasteiger partial charge is 0.496 e. The van der Waals surface area contributed by atoms with Crippen LogP contribution >= 0.6 is 59.6 Å². The summed E-state index contributed by atoms with van der Waals surface area (Å²) in [4.78, 5) is 67.7. The highest BCUT2D eigenvalue weighted by Gasteiger charge is 2.37. The van der Waals surface area contributed by atoms with E-state index in [-0.39, 0.29) is 88.3 Å². The van der Waals surface area contributed by atoms with E-state index in [0.29, 0.717) is 62.4 Å². The number of ether oxygens (including phenoxy) is 3. The van der Waals surface area contributed by atoms with Crippen molar-refractivity contribution in [3.05, 3.63) is 68.2 Å². The van der Waals surface area contributed by atoms with E-state index in [1.807, 2.05) is 0 Å². The Kier molecular flexibility index (Phi) is 24.8. The molecule has 0 saturated carbocycles. The Balaban J connectivity index is 0.000000282. The van der Waals surface area contributed by atoms with E-state index in [9.17, 15) is 24.0 Å². The molecule has 0 radical (unpaired) electrons. The second-order valence-corrected chi connectivity index (χ2v) is 19.5. The van der Waals surface area contributed by atoms with Gasteiger partial charge in [0, 0.05) is 56.5 Å². The fraction of sp³-hybridized carbons (Fsp3) is 0.540. The lowest BCUT2D eigenvalue weighted by Gasteiger charge is -2.44. The summed E-state index contributed by atoms with van der Waals surface area (Å²) in [5, 5.41) is 10.0. The minimum Gasteiger partial charge on any atom is -0.496 e. The summed E-state index contributed by atoms with van der Waals surface area (Å²) in [5.41, 5.74) is 19.4. The van der Waals surface area contributed by atoms with Gasteiger partial charge in [-0.15, -0.1) is 24.8 Å². The quantitative estimate of drug-likeness (QED) is 0.0744. The first kappa shape index (κ1) is 61.8. The molecule has 0 aliphatic carbocycles. The Labute approximate surface area is 451 Å². The normalized spacial score (nSPS) is 21.1.